The fraction of sp³-hybridized carbons (Fsp3) is 0.280. The van der Waals surface area contributed by atoms with E-state index in [4.69, 9.17) is 5.73 Å². The van der Waals surface area contributed by atoms with Crippen molar-refractivity contribution in [2.24, 2.45) is 0 Å². The Morgan fingerprint density at radius 3 is 2.32 bits per heavy atom. The first kappa shape index (κ1) is 25.5. The molecule has 9 heteroatoms. The molecule has 0 bridgehead atoms. The van der Waals surface area contributed by atoms with Crippen molar-refractivity contribution in [1.29, 1.82) is 0 Å². The molecule has 0 saturated heterocycles. The molecule has 0 aliphatic rings. The Balaban J connectivity index is 1.75. The van der Waals surface area contributed by atoms with Crippen molar-refractivity contribution < 1.29 is 13.2 Å². The third-order valence-corrected chi connectivity index (χ3v) is 7.69. The van der Waals surface area contributed by atoms with E-state index in [0.717, 1.165) is 40.2 Å². The molecule has 0 aliphatic heterocycles. The van der Waals surface area contributed by atoms with Gasteiger partial charge < -0.3 is 16.0 Å². The highest BCUT2D eigenvalue weighted by Gasteiger charge is 2.15. The van der Waals surface area contributed by atoms with Crippen molar-refractivity contribution in [3.05, 3.63) is 82.5 Å². The zero-order chi connectivity index (χ0) is 24.7. The van der Waals surface area contributed by atoms with E-state index >= 15 is 0 Å². The van der Waals surface area contributed by atoms with Crippen molar-refractivity contribution >= 4 is 37.9 Å². The smallest absolute Gasteiger partial charge is 0.223 e. The Morgan fingerprint density at radius 2 is 1.71 bits per heavy atom. The Hall–Kier alpha value is -3.17. The van der Waals surface area contributed by atoms with Crippen LogP contribution in [0.15, 0.2) is 65.7 Å². The molecule has 0 unspecified atom stereocenters. The van der Waals surface area contributed by atoms with Crippen molar-refractivity contribution in [3.63, 3.8) is 0 Å². The number of carbonyl (C=O) groups is 1. The highest BCUT2D eigenvalue weighted by molar-refractivity contribution is 7.91. The van der Waals surface area contributed by atoms with Crippen LogP contribution in [-0.2, 0) is 33.9 Å². The number of nitrogens with one attached hydrogen (secondary N) is 1. The molecule has 0 atom stereocenters. The van der Waals surface area contributed by atoms with Crippen molar-refractivity contribution in [2.75, 3.05) is 30.9 Å². The summed E-state index contributed by atoms with van der Waals surface area (Å²) in [6.07, 6.45) is 5.50. The standard InChI is InChI=1S/C25H30N4O3S2/c1-18(30)27-25-28-23(14-9-19-5-10-21(26)11-6-19)24(33-25)17-20-7-12-22(13-8-20)34(31,32)16-4-15-29(2)3/h4-8,10-13,15H,9,14,16-17,26H2,1-3H3,(H,27,28,30). The number of thiazole rings is 1. The van der Waals surface area contributed by atoms with Gasteiger partial charge >= 0.3 is 0 Å². The van der Waals surface area contributed by atoms with E-state index in [0.29, 0.717) is 16.4 Å². The highest BCUT2D eigenvalue weighted by Crippen LogP contribution is 2.27. The third-order valence-electron chi connectivity index (χ3n) is 5.06. The number of aryl methyl sites for hydroxylation is 2. The normalized spacial score (nSPS) is 11.6. The van der Waals surface area contributed by atoms with Crippen LogP contribution in [-0.4, -0.2) is 44.1 Å². The number of nitrogen functional groups attached to an aromatic ring is 1. The summed E-state index contributed by atoms with van der Waals surface area (Å²) in [7, 11) is 0.307. The van der Waals surface area contributed by atoms with Crippen molar-refractivity contribution in [1.82, 2.24) is 9.88 Å². The van der Waals surface area contributed by atoms with E-state index in [9.17, 15) is 13.2 Å². The minimum absolute atomic E-state index is 0.0469. The van der Waals surface area contributed by atoms with E-state index < -0.39 is 9.84 Å². The molecule has 0 radical (unpaired) electrons. The highest BCUT2D eigenvalue weighted by atomic mass is 32.2. The van der Waals surface area contributed by atoms with Gasteiger partial charge in [0, 0.05) is 38.0 Å². The summed E-state index contributed by atoms with van der Waals surface area (Å²) >= 11 is 1.45. The number of aromatic nitrogens is 1. The van der Waals surface area contributed by atoms with Crippen LogP contribution in [0.4, 0.5) is 10.8 Å². The lowest BCUT2D eigenvalue weighted by Crippen LogP contribution is -2.07. The molecule has 180 valence electrons. The van der Waals surface area contributed by atoms with Gasteiger partial charge in [0.25, 0.3) is 0 Å². The number of hydrogen-bond donors (Lipinski definition) is 2. The molecular formula is C25H30N4O3S2. The lowest BCUT2D eigenvalue weighted by molar-refractivity contribution is -0.114. The maximum absolute atomic E-state index is 12.6. The molecule has 3 rings (SSSR count). The zero-order valence-corrected chi connectivity index (χ0v) is 21.2. The van der Waals surface area contributed by atoms with Crippen LogP contribution in [0, 0.1) is 0 Å². The lowest BCUT2D eigenvalue weighted by atomic mass is 10.0. The van der Waals surface area contributed by atoms with Crippen LogP contribution in [0.25, 0.3) is 0 Å². The first-order valence-electron chi connectivity index (χ1n) is 10.9. The minimum Gasteiger partial charge on any atom is -0.399 e. The van der Waals surface area contributed by atoms with Gasteiger partial charge in [-0.25, -0.2) is 13.4 Å². The van der Waals surface area contributed by atoms with Crippen molar-refractivity contribution in [2.45, 2.75) is 31.1 Å². The van der Waals surface area contributed by atoms with Crippen LogP contribution in [0.2, 0.25) is 0 Å². The average Bonchev–Trinajstić information content (AvgIpc) is 3.13. The van der Waals surface area contributed by atoms with Gasteiger partial charge in [-0.15, -0.1) is 11.3 Å². The number of benzene rings is 2. The van der Waals surface area contributed by atoms with Crippen LogP contribution in [0.1, 0.15) is 28.6 Å². The number of rotatable bonds is 10. The van der Waals surface area contributed by atoms with Crippen LogP contribution in [0.5, 0.6) is 0 Å². The number of nitrogens with two attached hydrogens (primary N) is 1. The SMILES string of the molecule is CC(=O)Nc1nc(CCc2ccc(N)cc2)c(Cc2ccc(S(=O)(=O)CC=CN(C)C)cc2)s1. The molecular weight excluding hydrogens is 468 g/mol. The predicted molar refractivity (Wildman–Crippen MR) is 139 cm³/mol. The monoisotopic (exact) mass is 498 g/mol. The van der Waals surface area contributed by atoms with Gasteiger partial charge in [0.2, 0.25) is 5.91 Å². The number of sulfone groups is 1. The summed E-state index contributed by atoms with van der Waals surface area (Å²) in [6, 6.07) is 14.7. The van der Waals surface area contributed by atoms with Crippen LogP contribution < -0.4 is 11.1 Å². The molecule has 2 aromatic carbocycles. The molecule has 0 spiro atoms. The molecule has 34 heavy (non-hydrogen) atoms. The van der Waals surface area contributed by atoms with E-state index in [1.54, 1.807) is 29.3 Å². The first-order valence-corrected chi connectivity index (χ1v) is 13.3. The maximum atomic E-state index is 12.6. The second-order valence-electron chi connectivity index (χ2n) is 8.26. The molecule has 0 saturated carbocycles. The summed E-state index contributed by atoms with van der Waals surface area (Å²) in [5, 5.41) is 3.35. The summed E-state index contributed by atoms with van der Waals surface area (Å²) in [5.41, 5.74) is 9.57. The Bertz CT molecular complexity index is 1250. The maximum Gasteiger partial charge on any atom is 0.223 e. The molecule has 1 aromatic heterocycles. The number of hydrogen-bond acceptors (Lipinski definition) is 7. The van der Waals surface area contributed by atoms with E-state index in [2.05, 4.69) is 10.3 Å². The molecule has 3 aromatic rings. The molecule has 0 aliphatic carbocycles. The zero-order valence-electron chi connectivity index (χ0n) is 19.6. The van der Waals surface area contributed by atoms with Crippen molar-refractivity contribution in [3.8, 4) is 0 Å². The second kappa shape index (κ2) is 11.3. The van der Waals surface area contributed by atoms with Crippen LogP contribution in [0.3, 0.4) is 0 Å². The van der Waals surface area contributed by atoms with Gasteiger partial charge in [0.15, 0.2) is 15.0 Å². The van der Waals surface area contributed by atoms with E-state index in [1.807, 2.05) is 50.5 Å². The Kier molecular flexibility index (Phi) is 8.46. The van der Waals surface area contributed by atoms with Gasteiger partial charge in [-0.05, 0) is 54.4 Å². The summed E-state index contributed by atoms with van der Waals surface area (Å²) in [4.78, 5) is 19.3. The minimum atomic E-state index is -3.39. The predicted octanol–water partition coefficient (Wildman–Crippen LogP) is 3.91. The van der Waals surface area contributed by atoms with Gasteiger partial charge in [-0.3, -0.25) is 4.79 Å². The summed E-state index contributed by atoms with van der Waals surface area (Å²) in [5.74, 6) is -0.211. The quantitative estimate of drug-likeness (QED) is 0.411. The van der Waals surface area contributed by atoms with Gasteiger partial charge in [0.1, 0.15) is 0 Å². The fourth-order valence-corrected chi connectivity index (χ4v) is 5.52. The van der Waals surface area contributed by atoms with E-state index in [-0.39, 0.29) is 11.7 Å². The Labute approximate surface area is 205 Å². The number of nitrogens with zero attached hydrogens (tertiary/aromatic N) is 2. The third kappa shape index (κ3) is 7.43. The average molecular weight is 499 g/mol. The first-order chi connectivity index (χ1) is 16.1. The van der Waals surface area contributed by atoms with Gasteiger partial charge in [0.05, 0.1) is 16.3 Å². The molecule has 7 nitrogen and oxygen atoms in total. The van der Waals surface area contributed by atoms with Crippen LogP contribution >= 0.6 is 11.3 Å². The van der Waals surface area contributed by atoms with Gasteiger partial charge in [-0.1, -0.05) is 30.3 Å². The lowest BCUT2D eigenvalue weighted by Gasteiger charge is -2.07. The largest absolute Gasteiger partial charge is 0.399 e. The number of anilines is 2. The molecule has 1 amide bonds. The second-order valence-corrected chi connectivity index (χ2v) is 11.4. The summed E-state index contributed by atoms with van der Waals surface area (Å²) in [6.45, 7) is 1.46. The number of carbonyl (C=O) groups excluding carboxylic acids is 1. The van der Waals surface area contributed by atoms with E-state index in [1.165, 1.54) is 18.3 Å². The number of amides is 1. The molecule has 0 fully saturated rings. The molecule has 3 N–H and O–H groups in total. The van der Waals surface area contributed by atoms with Gasteiger partial charge in [-0.2, -0.15) is 0 Å². The summed E-state index contributed by atoms with van der Waals surface area (Å²) < 4.78 is 25.1. The Morgan fingerprint density at radius 1 is 1.06 bits per heavy atom. The topological polar surface area (TPSA) is 105 Å². The fourth-order valence-electron chi connectivity index (χ4n) is 3.34. The molecule has 1 heterocycles.